The number of nitrogens with zero attached hydrogens (tertiary/aromatic N) is 1. The van der Waals surface area contributed by atoms with Crippen molar-refractivity contribution < 1.29 is 0 Å². The van der Waals surface area contributed by atoms with Crippen molar-refractivity contribution >= 4 is 0 Å². The smallest absolute Gasteiger partial charge is 0.0243 e. The maximum atomic E-state index is 3.75. The van der Waals surface area contributed by atoms with Gasteiger partial charge in [-0.2, -0.15) is 0 Å². The van der Waals surface area contributed by atoms with Crippen molar-refractivity contribution in [2.24, 2.45) is 5.92 Å². The first-order chi connectivity index (χ1) is 8.22. The fourth-order valence-electron chi connectivity index (χ4n) is 2.82. The lowest BCUT2D eigenvalue weighted by Crippen LogP contribution is -2.49. The Balaban J connectivity index is 2.44. The zero-order valence-corrected chi connectivity index (χ0v) is 12.3. The van der Waals surface area contributed by atoms with E-state index >= 15 is 0 Å². The van der Waals surface area contributed by atoms with Gasteiger partial charge >= 0.3 is 0 Å². The molecule has 0 heterocycles. The van der Waals surface area contributed by atoms with E-state index in [4.69, 9.17) is 0 Å². The lowest BCUT2D eigenvalue weighted by molar-refractivity contribution is 0.173. The van der Waals surface area contributed by atoms with Gasteiger partial charge in [-0.05, 0) is 51.6 Å². The van der Waals surface area contributed by atoms with E-state index in [1.807, 2.05) is 0 Å². The monoisotopic (exact) mass is 240 g/mol. The highest BCUT2D eigenvalue weighted by Gasteiger charge is 2.28. The average molecular weight is 240 g/mol. The van der Waals surface area contributed by atoms with E-state index in [9.17, 15) is 0 Å². The second-order valence-corrected chi connectivity index (χ2v) is 5.71. The summed E-state index contributed by atoms with van der Waals surface area (Å²) in [5.41, 5.74) is 0. The molecule has 2 nitrogen and oxygen atoms in total. The number of rotatable bonds is 10. The quantitative estimate of drug-likeness (QED) is 0.630. The van der Waals surface area contributed by atoms with Gasteiger partial charge in [0.1, 0.15) is 0 Å². The molecule has 0 saturated heterocycles. The Bertz CT molecular complexity index is 189. The molecule has 0 aromatic rings. The Morgan fingerprint density at radius 1 is 1.18 bits per heavy atom. The van der Waals surface area contributed by atoms with Gasteiger partial charge in [-0.25, -0.2) is 0 Å². The van der Waals surface area contributed by atoms with Gasteiger partial charge in [-0.3, -0.25) is 0 Å². The van der Waals surface area contributed by atoms with Crippen molar-refractivity contribution in [1.29, 1.82) is 0 Å². The van der Waals surface area contributed by atoms with E-state index in [1.54, 1.807) is 0 Å². The van der Waals surface area contributed by atoms with Crippen molar-refractivity contribution in [3.05, 3.63) is 0 Å². The van der Waals surface area contributed by atoms with Crippen LogP contribution in [0.1, 0.15) is 59.3 Å². The molecule has 0 radical (unpaired) electrons. The molecule has 1 fully saturated rings. The third-order valence-corrected chi connectivity index (χ3v) is 3.95. The molecule has 2 heteroatoms. The first-order valence-corrected chi connectivity index (χ1v) is 7.66. The first-order valence-electron chi connectivity index (χ1n) is 7.66. The van der Waals surface area contributed by atoms with Gasteiger partial charge in [-0.1, -0.05) is 27.2 Å². The fraction of sp³-hybridized carbons (Fsp3) is 1.00. The highest BCUT2D eigenvalue weighted by molar-refractivity contribution is 4.85. The highest BCUT2D eigenvalue weighted by atomic mass is 15.2. The second-order valence-electron chi connectivity index (χ2n) is 5.71. The first kappa shape index (κ1) is 15.0. The van der Waals surface area contributed by atoms with Crippen LogP contribution in [0.2, 0.25) is 0 Å². The van der Waals surface area contributed by atoms with Gasteiger partial charge in [0.2, 0.25) is 0 Å². The van der Waals surface area contributed by atoms with Gasteiger partial charge in [-0.15, -0.1) is 0 Å². The largest absolute Gasteiger partial charge is 0.312 e. The highest BCUT2D eigenvalue weighted by Crippen LogP contribution is 2.30. The van der Waals surface area contributed by atoms with E-state index in [0.29, 0.717) is 6.04 Å². The van der Waals surface area contributed by atoms with Crippen LogP contribution in [-0.4, -0.2) is 37.1 Å². The summed E-state index contributed by atoms with van der Waals surface area (Å²) in [6.07, 6.45) is 8.03. The van der Waals surface area contributed by atoms with Crippen LogP contribution in [0.5, 0.6) is 0 Å². The van der Waals surface area contributed by atoms with E-state index in [2.05, 4.69) is 38.0 Å². The molecular formula is C15H32N2. The molecule has 0 aromatic carbocycles. The van der Waals surface area contributed by atoms with Crippen LogP contribution in [0.25, 0.3) is 0 Å². The third kappa shape index (κ3) is 5.39. The van der Waals surface area contributed by atoms with Crippen molar-refractivity contribution in [2.45, 2.75) is 71.4 Å². The molecule has 0 aromatic heterocycles. The minimum atomic E-state index is 0.689. The molecule has 1 N–H and O–H groups in total. The maximum absolute atomic E-state index is 3.75. The summed E-state index contributed by atoms with van der Waals surface area (Å²) >= 11 is 0. The Kier molecular flexibility index (Phi) is 7.14. The van der Waals surface area contributed by atoms with E-state index in [-0.39, 0.29) is 0 Å². The van der Waals surface area contributed by atoms with Crippen LogP contribution in [0.3, 0.4) is 0 Å². The van der Waals surface area contributed by atoms with Crippen LogP contribution in [0.4, 0.5) is 0 Å². The molecule has 1 aliphatic carbocycles. The molecular weight excluding hydrogens is 208 g/mol. The van der Waals surface area contributed by atoms with Gasteiger partial charge in [0.05, 0.1) is 0 Å². The predicted molar refractivity (Wildman–Crippen MR) is 76.4 cm³/mol. The molecule has 17 heavy (non-hydrogen) atoms. The molecule has 1 aliphatic rings. The lowest BCUT2D eigenvalue weighted by Gasteiger charge is -2.35. The molecule has 0 amide bonds. The molecule has 0 bridgehead atoms. The molecule has 2 unspecified atom stereocenters. The number of nitrogens with one attached hydrogen (secondary N) is 1. The molecule has 0 spiro atoms. The van der Waals surface area contributed by atoms with Crippen molar-refractivity contribution in [3.63, 3.8) is 0 Å². The normalized spacial score (nSPS) is 19.6. The Morgan fingerprint density at radius 2 is 1.88 bits per heavy atom. The maximum Gasteiger partial charge on any atom is 0.0243 e. The number of likely N-dealkylation sites (N-methyl/N-ethyl adjacent to an activating group) is 1. The van der Waals surface area contributed by atoms with Crippen LogP contribution < -0.4 is 5.32 Å². The SMILES string of the molecule is CCCNC(CCC)C(CC)N(C)CC1CC1. The topological polar surface area (TPSA) is 15.3 Å². The molecule has 2 atom stereocenters. The van der Waals surface area contributed by atoms with Crippen molar-refractivity contribution in [2.75, 3.05) is 20.1 Å². The van der Waals surface area contributed by atoms with E-state index in [1.165, 1.54) is 51.6 Å². The van der Waals surface area contributed by atoms with Crippen molar-refractivity contribution in [1.82, 2.24) is 10.2 Å². The van der Waals surface area contributed by atoms with Gasteiger partial charge in [0.25, 0.3) is 0 Å². The van der Waals surface area contributed by atoms with Gasteiger partial charge in [0.15, 0.2) is 0 Å². The second kappa shape index (κ2) is 8.10. The van der Waals surface area contributed by atoms with Crippen LogP contribution in [0, 0.1) is 5.92 Å². The summed E-state index contributed by atoms with van der Waals surface area (Å²) in [6.45, 7) is 9.37. The minimum Gasteiger partial charge on any atom is -0.312 e. The Hall–Kier alpha value is -0.0800. The molecule has 0 aliphatic heterocycles. The van der Waals surface area contributed by atoms with Crippen LogP contribution in [-0.2, 0) is 0 Å². The molecule has 1 rings (SSSR count). The number of hydrogen-bond donors (Lipinski definition) is 1. The van der Waals surface area contributed by atoms with Crippen LogP contribution >= 0.6 is 0 Å². The summed E-state index contributed by atoms with van der Waals surface area (Å²) in [7, 11) is 2.32. The summed E-state index contributed by atoms with van der Waals surface area (Å²) in [6, 6.07) is 1.41. The van der Waals surface area contributed by atoms with E-state index in [0.717, 1.165) is 12.0 Å². The van der Waals surface area contributed by atoms with E-state index < -0.39 is 0 Å². The van der Waals surface area contributed by atoms with Gasteiger partial charge in [0, 0.05) is 18.6 Å². The summed E-state index contributed by atoms with van der Waals surface area (Å²) in [4.78, 5) is 2.61. The Morgan fingerprint density at radius 3 is 2.35 bits per heavy atom. The average Bonchev–Trinajstić information content (AvgIpc) is 3.10. The predicted octanol–water partition coefficient (Wildman–Crippen LogP) is 3.28. The molecule has 1 saturated carbocycles. The van der Waals surface area contributed by atoms with Crippen molar-refractivity contribution in [3.8, 4) is 0 Å². The Labute approximate surface area is 108 Å². The minimum absolute atomic E-state index is 0.689. The summed E-state index contributed by atoms with van der Waals surface area (Å²) in [5, 5.41) is 3.75. The summed E-state index contributed by atoms with van der Waals surface area (Å²) in [5.74, 6) is 1.00. The number of hydrogen-bond acceptors (Lipinski definition) is 2. The van der Waals surface area contributed by atoms with Crippen LogP contribution in [0.15, 0.2) is 0 Å². The van der Waals surface area contributed by atoms with Gasteiger partial charge < -0.3 is 10.2 Å². The molecule has 102 valence electrons. The standard InChI is InChI=1S/C15H32N2/c1-5-8-14(16-11-6-2)15(7-3)17(4)12-13-9-10-13/h13-16H,5-12H2,1-4H3. The fourth-order valence-corrected chi connectivity index (χ4v) is 2.82. The zero-order valence-electron chi connectivity index (χ0n) is 12.3. The lowest BCUT2D eigenvalue weighted by atomic mass is 9.99. The summed E-state index contributed by atoms with van der Waals surface area (Å²) < 4.78 is 0. The zero-order chi connectivity index (χ0) is 12.7. The third-order valence-electron chi connectivity index (χ3n) is 3.95.